The number of hydrogen-bond donors (Lipinski definition) is 1. The molecule has 4 heteroatoms. The number of nitrogens with zero attached hydrogens (tertiary/aromatic N) is 3. The first-order valence-electron chi connectivity index (χ1n) is 1.96. The summed E-state index contributed by atoms with van der Waals surface area (Å²) in [7, 11) is 1.81. The Bertz CT molecular complexity index is 139. The molecule has 0 radical (unpaired) electrons. The van der Waals surface area contributed by atoms with Crippen molar-refractivity contribution in [3.63, 3.8) is 0 Å². The van der Waals surface area contributed by atoms with Crippen LogP contribution in [-0.4, -0.2) is 9.90 Å². The molecule has 1 heterocycles. The molecule has 4 nitrogen and oxygen atoms in total. The van der Waals surface area contributed by atoms with E-state index in [0.717, 1.165) is 0 Å². The summed E-state index contributed by atoms with van der Waals surface area (Å²) in [6, 6.07) is 0. The molecule has 0 aliphatic heterocycles. The average molecular weight is 99.1 g/mol. The molecule has 0 aliphatic carbocycles. The van der Waals surface area contributed by atoms with Crippen LogP contribution in [0.1, 0.15) is 0 Å². The number of nitrogens with two attached hydrogens (primary N) is 1. The first-order chi connectivity index (χ1) is 3.29. The number of aromatic nitrogens is 3. The molecule has 0 saturated heterocycles. The highest BCUT2D eigenvalue weighted by Gasteiger charge is 1.90. The fourth-order valence-electron chi connectivity index (χ4n) is 0.387. The molecule has 0 unspecified atom stereocenters. The fourth-order valence-corrected chi connectivity index (χ4v) is 0.387. The summed E-state index contributed by atoms with van der Waals surface area (Å²) >= 11 is 0. The third-order valence-electron chi connectivity index (χ3n) is 0.679. The molecule has 7 heavy (non-hydrogen) atoms. The van der Waals surface area contributed by atoms with E-state index in [1.165, 1.54) is 4.79 Å². The normalized spacial score (nSPS) is 9.29. The van der Waals surface area contributed by atoms with Crippen LogP contribution in [0.25, 0.3) is 0 Å². The molecule has 0 bridgehead atoms. The standard InChI is InChI=1S/C3H7N4/c1-6-2-3-7(4)5-6/h2-3H,1H3,(H2,4,5)/q+1. The van der Waals surface area contributed by atoms with Gasteiger partial charge in [-0.1, -0.05) is 0 Å². The van der Waals surface area contributed by atoms with Crippen molar-refractivity contribution in [2.24, 2.45) is 7.05 Å². The van der Waals surface area contributed by atoms with Crippen LogP contribution in [-0.2, 0) is 7.05 Å². The van der Waals surface area contributed by atoms with Gasteiger partial charge in [-0.05, 0) is 4.79 Å². The second-order valence-electron chi connectivity index (χ2n) is 1.34. The van der Waals surface area contributed by atoms with Crippen molar-refractivity contribution >= 4 is 0 Å². The van der Waals surface area contributed by atoms with Gasteiger partial charge in [0, 0.05) is 0 Å². The van der Waals surface area contributed by atoms with Crippen molar-refractivity contribution < 1.29 is 4.79 Å². The zero-order valence-corrected chi connectivity index (χ0v) is 4.07. The van der Waals surface area contributed by atoms with Crippen LogP contribution in [0.15, 0.2) is 12.4 Å². The first-order valence-corrected chi connectivity index (χ1v) is 1.96. The quantitative estimate of drug-likeness (QED) is 0.315. The second-order valence-corrected chi connectivity index (χ2v) is 1.34. The van der Waals surface area contributed by atoms with Crippen molar-refractivity contribution in [3.05, 3.63) is 12.4 Å². The van der Waals surface area contributed by atoms with Crippen LogP contribution < -0.4 is 10.6 Å². The van der Waals surface area contributed by atoms with Gasteiger partial charge in [0.2, 0.25) is 0 Å². The van der Waals surface area contributed by atoms with Crippen molar-refractivity contribution in [2.75, 3.05) is 5.84 Å². The van der Waals surface area contributed by atoms with Gasteiger partial charge >= 0.3 is 0 Å². The van der Waals surface area contributed by atoms with Gasteiger partial charge in [0.1, 0.15) is 12.3 Å². The van der Waals surface area contributed by atoms with Crippen molar-refractivity contribution in [2.45, 2.75) is 0 Å². The fraction of sp³-hybridized carbons (Fsp3) is 0.333. The van der Waals surface area contributed by atoms with Crippen LogP contribution in [0.3, 0.4) is 0 Å². The highest BCUT2D eigenvalue weighted by Crippen LogP contribution is 1.62. The van der Waals surface area contributed by atoms with Crippen molar-refractivity contribution in [3.8, 4) is 0 Å². The Labute approximate surface area is 41.1 Å². The second kappa shape index (κ2) is 1.22. The predicted molar refractivity (Wildman–Crippen MR) is 23.6 cm³/mol. The molecular formula is C3H7N4+. The topological polar surface area (TPSA) is 47.7 Å². The van der Waals surface area contributed by atoms with Crippen molar-refractivity contribution in [1.82, 2.24) is 9.90 Å². The minimum Gasteiger partial charge on any atom is -0.249 e. The Morgan fingerprint density at radius 1 is 1.86 bits per heavy atom. The average Bonchev–Trinajstić information content (AvgIpc) is 1.87. The summed E-state index contributed by atoms with van der Waals surface area (Å²) < 4.78 is 1.62. The van der Waals surface area contributed by atoms with Gasteiger partial charge in [-0.2, -0.15) is 0 Å². The van der Waals surface area contributed by atoms with Gasteiger partial charge in [-0.25, -0.2) is 5.84 Å². The highest BCUT2D eigenvalue weighted by atomic mass is 15.6. The van der Waals surface area contributed by atoms with Crippen LogP contribution in [0.2, 0.25) is 0 Å². The number of hydrogen-bond acceptors (Lipinski definition) is 2. The van der Waals surface area contributed by atoms with E-state index >= 15 is 0 Å². The van der Waals surface area contributed by atoms with E-state index in [9.17, 15) is 0 Å². The molecule has 0 atom stereocenters. The highest BCUT2D eigenvalue weighted by molar-refractivity contribution is 4.52. The maximum atomic E-state index is 5.16. The number of aryl methyl sites for hydroxylation is 1. The van der Waals surface area contributed by atoms with E-state index in [1.54, 1.807) is 17.1 Å². The Kier molecular flexibility index (Phi) is 0.714. The third-order valence-corrected chi connectivity index (χ3v) is 0.679. The molecule has 0 aromatic carbocycles. The van der Waals surface area contributed by atoms with E-state index in [1.807, 2.05) is 7.05 Å². The monoisotopic (exact) mass is 99.1 g/mol. The molecular weight excluding hydrogens is 92.1 g/mol. The van der Waals surface area contributed by atoms with Crippen molar-refractivity contribution in [1.29, 1.82) is 0 Å². The lowest BCUT2D eigenvalue weighted by atomic mass is 10.9. The van der Waals surface area contributed by atoms with Crippen LogP contribution in [0, 0.1) is 0 Å². The van der Waals surface area contributed by atoms with E-state index in [2.05, 4.69) is 5.21 Å². The Balaban J connectivity index is 3.04. The summed E-state index contributed by atoms with van der Waals surface area (Å²) in [6.45, 7) is 0. The van der Waals surface area contributed by atoms with E-state index in [-0.39, 0.29) is 0 Å². The number of rotatable bonds is 0. The minimum atomic E-state index is 1.25. The molecule has 38 valence electrons. The molecule has 0 amide bonds. The lowest BCUT2D eigenvalue weighted by Gasteiger charge is -1.70. The Morgan fingerprint density at radius 3 is 2.71 bits per heavy atom. The van der Waals surface area contributed by atoms with E-state index < -0.39 is 0 Å². The molecule has 0 spiro atoms. The molecule has 2 N–H and O–H groups in total. The zero-order chi connectivity index (χ0) is 5.28. The van der Waals surface area contributed by atoms with Crippen LogP contribution >= 0.6 is 0 Å². The van der Waals surface area contributed by atoms with E-state index in [4.69, 9.17) is 5.84 Å². The predicted octanol–water partition coefficient (Wildman–Crippen LogP) is -1.58. The summed E-state index contributed by atoms with van der Waals surface area (Å²) in [5.41, 5.74) is 0. The molecule has 0 fully saturated rings. The molecule has 0 aliphatic rings. The van der Waals surface area contributed by atoms with Crippen LogP contribution in [0.4, 0.5) is 0 Å². The zero-order valence-electron chi connectivity index (χ0n) is 4.07. The van der Waals surface area contributed by atoms with Gasteiger partial charge in [-0.15, -0.1) is 4.68 Å². The largest absolute Gasteiger partial charge is 0.249 e. The van der Waals surface area contributed by atoms with Gasteiger partial charge < -0.3 is 0 Å². The lowest BCUT2D eigenvalue weighted by Crippen LogP contribution is -2.46. The molecule has 0 saturated carbocycles. The molecule has 1 aromatic heterocycles. The smallest absolute Gasteiger partial charge is 0.184 e. The SMILES string of the molecule is Cn1cc[n+](N)n1. The van der Waals surface area contributed by atoms with Crippen LogP contribution in [0.5, 0.6) is 0 Å². The third kappa shape index (κ3) is 0.677. The Morgan fingerprint density at radius 2 is 2.57 bits per heavy atom. The summed E-state index contributed by atoms with van der Waals surface area (Å²) in [5.74, 6) is 5.16. The van der Waals surface area contributed by atoms with E-state index in [0.29, 0.717) is 0 Å². The first kappa shape index (κ1) is 4.11. The summed E-state index contributed by atoms with van der Waals surface area (Å²) in [4.78, 5) is 1.25. The lowest BCUT2D eigenvalue weighted by molar-refractivity contribution is -0.701. The summed E-state index contributed by atoms with van der Waals surface area (Å²) in [5, 5.41) is 3.72. The Hall–Kier alpha value is -1.06. The number of nitrogen functional groups attached to an aromatic ring is 1. The molecule has 1 rings (SSSR count). The maximum Gasteiger partial charge on any atom is 0.184 e. The molecule has 1 aromatic rings. The minimum absolute atomic E-state index is 1.25. The van der Waals surface area contributed by atoms with Gasteiger partial charge in [-0.3, -0.25) is 0 Å². The van der Waals surface area contributed by atoms with Gasteiger partial charge in [0.15, 0.2) is 12.4 Å². The van der Waals surface area contributed by atoms with Gasteiger partial charge in [0.05, 0.1) is 0 Å². The maximum absolute atomic E-state index is 5.16. The summed E-state index contributed by atoms with van der Waals surface area (Å²) in [6.07, 6.45) is 3.43. The van der Waals surface area contributed by atoms with Gasteiger partial charge in [0.25, 0.3) is 0 Å².